The molecule has 1 aliphatic rings. The zero-order valence-electron chi connectivity index (χ0n) is 7.13. The molecule has 0 saturated carbocycles. The molecule has 0 spiro atoms. The van der Waals surface area contributed by atoms with Gasteiger partial charge in [0.1, 0.15) is 0 Å². The van der Waals surface area contributed by atoms with Gasteiger partial charge in [0.15, 0.2) is 0 Å². The predicted octanol–water partition coefficient (Wildman–Crippen LogP) is 1.82. The van der Waals surface area contributed by atoms with Gasteiger partial charge in [-0.1, -0.05) is 12.0 Å². The fourth-order valence-electron chi connectivity index (χ4n) is 1.50. The highest BCUT2D eigenvalue weighted by atomic mass is 16.4. The van der Waals surface area contributed by atoms with Crippen LogP contribution in [0, 0.1) is 17.8 Å². The summed E-state index contributed by atoms with van der Waals surface area (Å²) in [5.41, 5.74) is -0.186. The van der Waals surface area contributed by atoms with Crippen LogP contribution in [0.15, 0.2) is 11.6 Å². The second-order valence-corrected chi connectivity index (χ2v) is 3.29. The lowest BCUT2D eigenvalue weighted by Crippen LogP contribution is -2.31. The zero-order chi connectivity index (χ0) is 9.19. The second-order valence-electron chi connectivity index (χ2n) is 3.29. The van der Waals surface area contributed by atoms with Crippen molar-refractivity contribution in [2.24, 2.45) is 5.41 Å². The van der Waals surface area contributed by atoms with E-state index in [9.17, 15) is 4.79 Å². The van der Waals surface area contributed by atoms with Gasteiger partial charge in [-0.05, 0) is 26.2 Å². The first kappa shape index (κ1) is 8.86. The molecule has 1 atom stereocenters. The Hall–Kier alpha value is -1.23. The number of hydrogen-bond donors (Lipinski definition) is 1. The molecule has 1 rings (SSSR count). The lowest BCUT2D eigenvalue weighted by Gasteiger charge is -2.28. The molecule has 0 saturated heterocycles. The maximum absolute atomic E-state index is 10.9. The average Bonchev–Trinajstić information content (AvgIpc) is 2.05. The molecule has 12 heavy (non-hydrogen) atoms. The number of aliphatic carboxylic acids is 1. The molecule has 1 unspecified atom stereocenters. The van der Waals surface area contributed by atoms with Gasteiger partial charge in [-0.2, -0.15) is 0 Å². The molecule has 0 aromatic heterocycles. The minimum atomic E-state index is -0.814. The molecule has 0 fully saturated rings. The van der Waals surface area contributed by atoms with Gasteiger partial charge < -0.3 is 5.11 Å². The summed E-state index contributed by atoms with van der Waals surface area (Å²) in [5.74, 6) is 1.64. The van der Waals surface area contributed by atoms with Crippen LogP contribution in [0.2, 0.25) is 0 Å². The third-order valence-electron chi connectivity index (χ3n) is 2.45. The number of terminal acetylenes is 1. The molecule has 2 nitrogen and oxygen atoms in total. The van der Waals surface area contributed by atoms with Crippen molar-refractivity contribution in [1.82, 2.24) is 0 Å². The highest BCUT2D eigenvalue weighted by molar-refractivity contribution is 5.80. The van der Waals surface area contributed by atoms with E-state index < -0.39 is 11.4 Å². The van der Waals surface area contributed by atoms with Crippen molar-refractivity contribution >= 4 is 5.97 Å². The maximum atomic E-state index is 10.9. The van der Waals surface area contributed by atoms with E-state index >= 15 is 0 Å². The first-order chi connectivity index (χ1) is 5.61. The van der Waals surface area contributed by atoms with E-state index in [4.69, 9.17) is 11.5 Å². The number of carboxylic acid groups (broad SMARTS) is 1. The lowest BCUT2D eigenvalue weighted by atomic mass is 9.74. The van der Waals surface area contributed by atoms with Crippen molar-refractivity contribution in [3.05, 3.63) is 11.6 Å². The van der Waals surface area contributed by atoms with Crippen LogP contribution in [0.1, 0.15) is 26.2 Å². The fraction of sp³-hybridized carbons (Fsp3) is 0.500. The molecule has 0 aromatic rings. The third kappa shape index (κ3) is 1.23. The molecule has 1 N–H and O–H groups in total. The minimum absolute atomic E-state index is 0.626. The first-order valence-corrected chi connectivity index (χ1v) is 4.02. The van der Waals surface area contributed by atoms with Gasteiger partial charge in [0.25, 0.3) is 0 Å². The Labute approximate surface area is 72.3 Å². The van der Waals surface area contributed by atoms with Gasteiger partial charge in [-0.25, -0.2) is 0 Å². The molecule has 2 heteroatoms. The number of hydrogen-bond acceptors (Lipinski definition) is 1. The van der Waals surface area contributed by atoms with Gasteiger partial charge in [0, 0.05) is 5.57 Å². The maximum Gasteiger partial charge on any atom is 0.314 e. The number of rotatable bonds is 1. The van der Waals surface area contributed by atoms with Crippen molar-refractivity contribution < 1.29 is 9.90 Å². The smallest absolute Gasteiger partial charge is 0.314 e. The van der Waals surface area contributed by atoms with Gasteiger partial charge in [0.05, 0.1) is 5.41 Å². The summed E-state index contributed by atoms with van der Waals surface area (Å²) in [6, 6.07) is 0. The monoisotopic (exact) mass is 164 g/mol. The van der Waals surface area contributed by atoms with E-state index in [1.165, 1.54) is 0 Å². The van der Waals surface area contributed by atoms with Crippen LogP contribution in [-0.4, -0.2) is 11.1 Å². The van der Waals surface area contributed by atoms with E-state index in [1.807, 2.05) is 6.08 Å². The van der Waals surface area contributed by atoms with Crippen molar-refractivity contribution in [1.29, 1.82) is 0 Å². The van der Waals surface area contributed by atoms with Crippen LogP contribution in [0.4, 0.5) is 0 Å². The van der Waals surface area contributed by atoms with Crippen molar-refractivity contribution in [3.8, 4) is 12.3 Å². The Bertz CT molecular complexity index is 270. The van der Waals surface area contributed by atoms with Crippen molar-refractivity contribution in [2.75, 3.05) is 0 Å². The summed E-state index contributed by atoms with van der Waals surface area (Å²) < 4.78 is 0. The molecule has 0 bridgehead atoms. The fourth-order valence-corrected chi connectivity index (χ4v) is 1.50. The van der Waals surface area contributed by atoms with Crippen LogP contribution in [0.25, 0.3) is 0 Å². The SMILES string of the molecule is C#CC1=CCCCC1(C)C(=O)O. The normalized spacial score (nSPS) is 28.8. The van der Waals surface area contributed by atoms with Crippen LogP contribution < -0.4 is 0 Å². The average molecular weight is 164 g/mol. The quantitative estimate of drug-likeness (QED) is 0.600. The van der Waals surface area contributed by atoms with Crippen molar-refractivity contribution in [2.45, 2.75) is 26.2 Å². The van der Waals surface area contributed by atoms with Crippen molar-refractivity contribution in [3.63, 3.8) is 0 Å². The van der Waals surface area contributed by atoms with Crippen LogP contribution >= 0.6 is 0 Å². The second kappa shape index (κ2) is 3.02. The number of allylic oxidation sites excluding steroid dienone is 1. The molecule has 0 aliphatic heterocycles. The topological polar surface area (TPSA) is 37.3 Å². The Kier molecular flexibility index (Phi) is 2.23. The van der Waals surface area contributed by atoms with E-state index in [-0.39, 0.29) is 0 Å². The molecule has 0 radical (unpaired) electrons. The predicted molar refractivity (Wildman–Crippen MR) is 46.5 cm³/mol. The number of carbonyl (C=O) groups is 1. The number of carboxylic acids is 1. The van der Waals surface area contributed by atoms with E-state index in [0.717, 1.165) is 12.8 Å². The standard InChI is InChI=1S/C10H12O2/c1-3-8-6-4-5-7-10(8,2)9(11)12/h1,6H,4-5,7H2,2H3,(H,11,12). The molecule has 1 aliphatic carbocycles. The molecule has 0 amide bonds. The Balaban J connectivity index is 3.04. The van der Waals surface area contributed by atoms with E-state index in [2.05, 4.69) is 5.92 Å². The molecule has 64 valence electrons. The highest BCUT2D eigenvalue weighted by Crippen LogP contribution is 2.36. The summed E-state index contributed by atoms with van der Waals surface area (Å²) >= 11 is 0. The Morgan fingerprint density at radius 3 is 2.92 bits per heavy atom. The first-order valence-electron chi connectivity index (χ1n) is 4.02. The van der Waals surface area contributed by atoms with Crippen LogP contribution in [-0.2, 0) is 4.79 Å². The molecule has 0 heterocycles. The Morgan fingerprint density at radius 2 is 2.50 bits per heavy atom. The summed E-state index contributed by atoms with van der Waals surface area (Å²) in [6.45, 7) is 1.69. The van der Waals surface area contributed by atoms with Gasteiger partial charge in [-0.3, -0.25) is 4.79 Å². The summed E-state index contributed by atoms with van der Waals surface area (Å²) in [6.07, 6.45) is 9.56. The largest absolute Gasteiger partial charge is 0.481 e. The van der Waals surface area contributed by atoms with Crippen LogP contribution in [0.3, 0.4) is 0 Å². The molecular weight excluding hydrogens is 152 g/mol. The zero-order valence-corrected chi connectivity index (χ0v) is 7.13. The summed E-state index contributed by atoms with van der Waals surface area (Å²) in [5, 5.41) is 8.96. The Morgan fingerprint density at radius 1 is 1.83 bits per heavy atom. The molecule has 0 aromatic carbocycles. The van der Waals surface area contributed by atoms with Crippen LogP contribution in [0.5, 0.6) is 0 Å². The van der Waals surface area contributed by atoms with Gasteiger partial charge in [-0.15, -0.1) is 6.42 Å². The third-order valence-corrected chi connectivity index (χ3v) is 2.45. The van der Waals surface area contributed by atoms with E-state index in [0.29, 0.717) is 12.0 Å². The van der Waals surface area contributed by atoms with Gasteiger partial charge in [0.2, 0.25) is 0 Å². The lowest BCUT2D eigenvalue weighted by molar-refractivity contribution is -0.146. The highest BCUT2D eigenvalue weighted by Gasteiger charge is 2.37. The summed E-state index contributed by atoms with van der Waals surface area (Å²) in [7, 11) is 0. The van der Waals surface area contributed by atoms with E-state index in [1.54, 1.807) is 6.92 Å². The van der Waals surface area contributed by atoms with Gasteiger partial charge >= 0.3 is 5.97 Å². The summed E-state index contributed by atoms with van der Waals surface area (Å²) in [4.78, 5) is 10.9. The molecular formula is C10H12O2. The minimum Gasteiger partial charge on any atom is -0.481 e.